The van der Waals surface area contributed by atoms with Gasteiger partial charge in [-0.1, -0.05) is 44.2 Å². The van der Waals surface area contributed by atoms with Crippen molar-refractivity contribution in [3.05, 3.63) is 41.5 Å². The molecule has 0 saturated carbocycles. The van der Waals surface area contributed by atoms with E-state index < -0.39 is 0 Å². The Balaban J connectivity index is 3.17. The minimum atomic E-state index is -0.222. The van der Waals surface area contributed by atoms with Crippen molar-refractivity contribution in [2.75, 3.05) is 6.61 Å². The van der Waals surface area contributed by atoms with Gasteiger partial charge in [-0.15, -0.1) is 0 Å². The van der Waals surface area contributed by atoms with Crippen LogP contribution in [0.5, 0.6) is 0 Å². The zero-order chi connectivity index (χ0) is 12.8. The Morgan fingerprint density at radius 1 is 1.24 bits per heavy atom. The first kappa shape index (κ1) is 13.5. The Hall–Kier alpha value is -1.57. The maximum absolute atomic E-state index is 11.8. The summed E-state index contributed by atoms with van der Waals surface area (Å²) in [6, 6.07) is 9.99. The summed E-state index contributed by atoms with van der Waals surface area (Å²) in [6.45, 7) is 8.25. The molecule has 0 saturated heterocycles. The number of carbonyl (C=O) groups is 1. The zero-order valence-electron chi connectivity index (χ0n) is 11.0. The molecular formula is C15H20O2. The Morgan fingerprint density at radius 3 is 2.29 bits per heavy atom. The molecule has 0 atom stereocenters. The highest BCUT2D eigenvalue weighted by Gasteiger charge is 2.15. The van der Waals surface area contributed by atoms with Crippen LogP contribution in [0.2, 0.25) is 0 Å². The number of rotatable bonds is 4. The normalized spacial score (nSPS) is 12.3. The number of ether oxygens (including phenoxy) is 1. The van der Waals surface area contributed by atoms with E-state index in [1.54, 1.807) is 0 Å². The number of hydrogen-bond acceptors (Lipinski definition) is 2. The molecule has 2 heteroatoms. The third kappa shape index (κ3) is 3.45. The van der Waals surface area contributed by atoms with E-state index in [9.17, 15) is 4.79 Å². The standard InChI is InChI=1S/C15H20O2/c1-5-17-15(16)12(4)14(11(2)3)13-9-7-6-8-10-13/h6-11H,5H2,1-4H3/b14-12-. The van der Waals surface area contributed by atoms with Crippen molar-refractivity contribution < 1.29 is 9.53 Å². The van der Waals surface area contributed by atoms with Crippen molar-refractivity contribution in [1.29, 1.82) is 0 Å². The van der Waals surface area contributed by atoms with Crippen molar-refractivity contribution >= 4 is 11.5 Å². The van der Waals surface area contributed by atoms with Gasteiger partial charge in [-0.05, 0) is 30.9 Å². The van der Waals surface area contributed by atoms with Gasteiger partial charge >= 0.3 is 5.97 Å². The van der Waals surface area contributed by atoms with Crippen LogP contribution in [-0.2, 0) is 9.53 Å². The third-order valence-electron chi connectivity index (χ3n) is 2.65. The molecule has 0 spiro atoms. The fraction of sp³-hybridized carbons (Fsp3) is 0.400. The van der Waals surface area contributed by atoms with Gasteiger partial charge in [-0.25, -0.2) is 4.79 Å². The number of hydrogen-bond donors (Lipinski definition) is 0. The molecule has 0 radical (unpaired) electrons. The molecule has 0 aliphatic heterocycles. The van der Waals surface area contributed by atoms with Crippen LogP contribution in [0.4, 0.5) is 0 Å². The number of esters is 1. The lowest BCUT2D eigenvalue weighted by atomic mass is 9.91. The molecule has 0 unspecified atom stereocenters. The SMILES string of the molecule is CCOC(=O)/C(C)=C(\c1ccccc1)C(C)C. The first-order chi connectivity index (χ1) is 8.07. The minimum Gasteiger partial charge on any atom is -0.463 e. The second kappa shape index (κ2) is 6.24. The van der Waals surface area contributed by atoms with E-state index in [1.807, 2.05) is 44.2 Å². The molecule has 0 amide bonds. The maximum atomic E-state index is 11.8. The molecule has 0 fully saturated rings. The van der Waals surface area contributed by atoms with E-state index in [0.717, 1.165) is 11.1 Å². The van der Waals surface area contributed by atoms with Gasteiger partial charge in [0.05, 0.1) is 6.61 Å². The molecule has 1 aromatic carbocycles. The summed E-state index contributed by atoms with van der Waals surface area (Å²) in [4.78, 5) is 11.8. The summed E-state index contributed by atoms with van der Waals surface area (Å²) >= 11 is 0. The van der Waals surface area contributed by atoms with E-state index in [2.05, 4.69) is 13.8 Å². The maximum Gasteiger partial charge on any atom is 0.334 e. The predicted molar refractivity (Wildman–Crippen MR) is 70.5 cm³/mol. The summed E-state index contributed by atoms with van der Waals surface area (Å²) in [5.74, 6) is 0.0712. The Kier molecular flexibility index (Phi) is 4.95. The summed E-state index contributed by atoms with van der Waals surface area (Å²) in [5.41, 5.74) is 2.85. The molecule has 0 aliphatic carbocycles. The summed E-state index contributed by atoms with van der Waals surface area (Å²) < 4.78 is 5.06. The molecule has 1 rings (SSSR count). The summed E-state index contributed by atoms with van der Waals surface area (Å²) in [5, 5.41) is 0. The van der Waals surface area contributed by atoms with Gasteiger partial charge in [-0.3, -0.25) is 0 Å². The fourth-order valence-corrected chi connectivity index (χ4v) is 1.95. The van der Waals surface area contributed by atoms with E-state index in [4.69, 9.17) is 4.74 Å². The smallest absolute Gasteiger partial charge is 0.334 e. The summed E-state index contributed by atoms with van der Waals surface area (Å²) in [7, 11) is 0. The largest absolute Gasteiger partial charge is 0.463 e. The van der Waals surface area contributed by atoms with Gasteiger partial charge in [0.15, 0.2) is 0 Å². The Bertz CT molecular complexity index is 402. The van der Waals surface area contributed by atoms with Crippen LogP contribution in [0, 0.1) is 5.92 Å². The second-order valence-corrected chi connectivity index (χ2v) is 4.28. The molecule has 0 N–H and O–H groups in total. The Labute approximate surface area is 103 Å². The molecule has 17 heavy (non-hydrogen) atoms. The predicted octanol–water partition coefficient (Wildman–Crippen LogP) is 3.68. The number of allylic oxidation sites excluding steroid dienone is 1. The molecule has 0 heterocycles. The monoisotopic (exact) mass is 232 g/mol. The van der Waals surface area contributed by atoms with Crippen LogP contribution < -0.4 is 0 Å². The second-order valence-electron chi connectivity index (χ2n) is 4.28. The van der Waals surface area contributed by atoms with Gasteiger partial charge in [0, 0.05) is 5.57 Å². The third-order valence-corrected chi connectivity index (χ3v) is 2.65. The molecule has 2 nitrogen and oxygen atoms in total. The lowest BCUT2D eigenvalue weighted by Crippen LogP contribution is -2.10. The van der Waals surface area contributed by atoms with Gasteiger partial charge in [0.2, 0.25) is 0 Å². The van der Waals surface area contributed by atoms with Crippen LogP contribution in [0.1, 0.15) is 33.3 Å². The fourth-order valence-electron chi connectivity index (χ4n) is 1.95. The molecule has 92 valence electrons. The highest BCUT2D eigenvalue weighted by Crippen LogP contribution is 2.27. The number of benzene rings is 1. The van der Waals surface area contributed by atoms with E-state index in [0.29, 0.717) is 18.1 Å². The molecular weight excluding hydrogens is 212 g/mol. The van der Waals surface area contributed by atoms with Crippen LogP contribution in [0.15, 0.2) is 35.9 Å². The summed E-state index contributed by atoms with van der Waals surface area (Å²) in [6.07, 6.45) is 0. The van der Waals surface area contributed by atoms with Crippen molar-refractivity contribution in [2.45, 2.75) is 27.7 Å². The first-order valence-corrected chi connectivity index (χ1v) is 6.01. The lowest BCUT2D eigenvalue weighted by molar-refractivity contribution is -0.138. The first-order valence-electron chi connectivity index (χ1n) is 6.01. The number of carbonyl (C=O) groups excluding carboxylic acids is 1. The average molecular weight is 232 g/mol. The van der Waals surface area contributed by atoms with Crippen molar-refractivity contribution in [2.24, 2.45) is 5.92 Å². The van der Waals surface area contributed by atoms with Gasteiger partial charge in [0.25, 0.3) is 0 Å². The van der Waals surface area contributed by atoms with E-state index in [1.165, 1.54) is 0 Å². The van der Waals surface area contributed by atoms with Crippen LogP contribution >= 0.6 is 0 Å². The molecule has 0 bridgehead atoms. The molecule has 0 aromatic heterocycles. The topological polar surface area (TPSA) is 26.3 Å². The quantitative estimate of drug-likeness (QED) is 0.584. The van der Waals surface area contributed by atoms with Crippen molar-refractivity contribution in [3.8, 4) is 0 Å². The molecule has 0 aliphatic rings. The average Bonchev–Trinajstić information content (AvgIpc) is 2.30. The highest BCUT2D eigenvalue weighted by molar-refractivity contribution is 5.97. The minimum absolute atomic E-state index is 0.222. The van der Waals surface area contributed by atoms with Crippen LogP contribution in [0.3, 0.4) is 0 Å². The van der Waals surface area contributed by atoms with E-state index in [-0.39, 0.29) is 5.97 Å². The molecule has 1 aromatic rings. The zero-order valence-corrected chi connectivity index (χ0v) is 11.0. The van der Waals surface area contributed by atoms with Gasteiger partial charge in [0.1, 0.15) is 0 Å². The highest BCUT2D eigenvalue weighted by atomic mass is 16.5. The van der Waals surface area contributed by atoms with Crippen molar-refractivity contribution in [1.82, 2.24) is 0 Å². The van der Waals surface area contributed by atoms with Gasteiger partial charge in [-0.2, -0.15) is 0 Å². The van der Waals surface area contributed by atoms with Crippen LogP contribution in [-0.4, -0.2) is 12.6 Å². The van der Waals surface area contributed by atoms with Gasteiger partial charge < -0.3 is 4.74 Å². The van der Waals surface area contributed by atoms with Crippen LogP contribution in [0.25, 0.3) is 5.57 Å². The van der Waals surface area contributed by atoms with E-state index >= 15 is 0 Å². The van der Waals surface area contributed by atoms with Crippen molar-refractivity contribution in [3.63, 3.8) is 0 Å². The Morgan fingerprint density at radius 2 is 1.82 bits per heavy atom. The lowest BCUT2D eigenvalue weighted by Gasteiger charge is -2.15.